The number of fused-ring (bicyclic) bond motifs is 1. The van der Waals surface area contributed by atoms with Crippen molar-refractivity contribution < 1.29 is 9.21 Å². The number of nitrogens with zero attached hydrogens (tertiary/aromatic N) is 3. The van der Waals surface area contributed by atoms with E-state index in [4.69, 9.17) is 4.42 Å². The van der Waals surface area contributed by atoms with Crippen LogP contribution < -0.4 is 5.32 Å². The Kier molecular flexibility index (Phi) is 5.00. The third kappa shape index (κ3) is 3.64. The van der Waals surface area contributed by atoms with E-state index in [-0.39, 0.29) is 5.91 Å². The highest BCUT2D eigenvalue weighted by Crippen LogP contribution is 2.23. The van der Waals surface area contributed by atoms with Crippen LogP contribution in [0.3, 0.4) is 0 Å². The van der Waals surface area contributed by atoms with E-state index in [9.17, 15) is 4.79 Å². The van der Waals surface area contributed by atoms with Crippen LogP contribution in [-0.2, 0) is 12.8 Å². The molecule has 0 spiro atoms. The molecule has 1 aliphatic heterocycles. The minimum absolute atomic E-state index is 0.0577. The second-order valence-corrected chi connectivity index (χ2v) is 6.88. The van der Waals surface area contributed by atoms with Crippen LogP contribution in [0.5, 0.6) is 0 Å². The Bertz CT molecular complexity index is 798. The van der Waals surface area contributed by atoms with E-state index in [2.05, 4.69) is 21.4 Å². The van der Waals surface area contributed by atoms with Crippen molar-refractivity contribution in [1.82, 2.24) is 14.9 Å². The minimum atomic E-state index is -0.0577. The van der Waals surface area contributed by atoms with Gasteiger partial charge >= 0.3 is 0 Å². The molecule has 1 N–H and O–H groups in total. The number of aromatic nitrogens is 2. The van der Waals surface area contributed by atoms with Gasteiger partial charge in [-0.25, -0.2) is 9.97 Å². The van der Waals surface area contributed by atoms with Crippen molar-refractivity contribution >= 4 is 11.7 Å². The number of hydrogen-bond donors (Lipinski definition) is 1. The molecule has 1 aliphatic carbocycles. The summed E-state index contributed by atoms with van der Waals surface area (Å²) in [4.78, 5) is 23.3. The summed E-state index contributed by atoms with van der Waals surface area (Å²) in [6.45, 7) is 2.14. The Morgan fingerprint density at radius 3 is 2.92 bits per heavy atom. The lowest BCUT2D eigenvalue weighted by Crippen LogP contribution is -2.33. The molecular formula is C20H24N4O2. The molecule has 2 aliphatic rings. The number of hydrogen-bond acceptors (Lipinski definition) is 5. The zero-order valence-electron chi connectivity index (χ0n) is 14.9. The first-order valence-electron chi connectivity index (χ1n) is 9.38. The lowest BCUT2D eigenvalue weighted by Gasteiger charge is -2.18. The number of amides is 1. The summed E-state index contributed by atoms with van der Waals surface area (Å²) < 4.78 is 5.26. The highest BCUT2D eigenvalue weighted by Gasteiger charge is 2.23. The second kappa shape index (κ2) is 7.72. The van der Waals surface area contributed by atoms with Crippen LogP contribution in [0.2, 0.25) is 0 Å². The van der Waals surface area contributed by atoms with Crippen LogP contribution in [-0.4, -0.2) is 40.4 Å². The average Bonchev–Trinajstić information content (AvgIpc) is 3.13. The Balaban J connectivity index is 1.46. The van der Waals surface area contributed by atoms with Crippen molar-refractivity contribution in [2.45, 2.75) is 38.5 Å². The van der Waals surface area contributed by atoms with Gasteiger partial charge in [0.1, 0.15) is 12.1 Å². The van der Waals surface area contributed by atoms with Crippen molar-refractivity contribution in [2.75, 3.05) is 25.0 Å². The van der Waals surface area contributed by atoms with Crippen LogP contribution >= 0.6 is 0 Å². The fourth-order valence-corrected chi connectivity index (χ4v) is 3.70. The quantitative estimate of drug-likeness (QED) is 0.856. The molecule has 0 bridgehead atoms. The van der Waals surface area contributed by atoms with Crippen LogP contribution in [0.25, 0.3) is 0 Å². The van der Waals surface area contributed by atoms with Crippen molar-refractivity contribution in [2.24, 2.45) is 0 Å². The molecular weight excluding hydrogens is 328 g/mol. The Morgan fingerprint density at radius 1 is 1.19 bits per heavy atom. The van der Waals surface area contributed by atoms with Gasteiger partial charge in [0.25, 0.3) is 5.91 Å². The van der Waals surface area contributed by atoms with Gasteiger partial charge in [0.05, 0.1) is 12.0 Å². The van der Waals surface area contributed by atoms with E-state index in [1.54, 1.807) is 18.5 Å². The summed E-state index contributed by atoms with van der Waals surface area (Å²) in [6, 6.07) is 3.46. The fourth-order valence-electron chi connectivity index (χ4n) is 3.70. The first-order chi connectivity index (χ1) is 12.8. The maximum absolute atomic E-state index is 12.6. The van der Waals surface area contributed by atoms with Crippen molar-refractivity contribution in [3.63, 3.8) is 0 Å². The molecule has 0 unspecified atom stereocenters. The first kappa shape index (κ1) is 16.8. The summed E-state index contributed by atoms with van der Waals surface area (Å²) >= 11 is 0. The number of carbonyl (C=O) groups is 1. The highest BCUT2D eigenvalue weighted by atomic mass is 16.3. The molecule has 2 aromatic heterocycles. The van der Waals surface area contributed by atoms with Crippen molar-refractivity contribution in [1.29, 1.82) is 0 Å². The van der Waals surface area contributed by atoms with Gasteiger partial charge in [-0.3, -0.25) is 4.79 Å². The zero-order valence-corrected chi connectivity index (χ0v) is 14.9. The summed E-state index contributed by atoms with van der Waals surface area (Å²) in [5.41, 5.74) is 3.64. The fraction of sp³-hybridized carbons (Fsp3) is 0.450. The third-order valence-electron chi connectivity index (χ3n) is 5.17. The molecule has 0 fully saturated rings. The molecule has 2 aromatic rings. The molecule has 1 amide bonds. The summed E-state index contributed by atoms with van der Waals surface area (Å²) in [5, 5.41) is 3.50. The molecule has 6 heteroatoms. The van der Waals surface area contributed by atoms with Crippen LogP contribution in [0.1, 0.15) is 47.5 Å². The Hall–Kier alpha value is -2.63. The van der Waals surface area contributed by atoms with Gasteiger partial charge in [0.15, 0.2) is 5.76 Å². The normalized spacial score (nSPS) is 17.2. The monoisotopic (exact) mass is 352 g/mol. The van der Waals surface area contributed by atoms with E-state index in [0.29, 0.717) is 18.8 Å². The molecule has 0 saturated heterocycles. The summed E-state index contributed by atoms with van der Waals surface area (Å²) in [6.07, 6.45) is 11.9. The smallest absolute Gasteiger partial charge is 0.289 e. The van der Waals surface area contributed by atoms with E-state index in [0.717, 1.165) is 36.5 Å². The Morgan fingerprint density at radius 2 is 2.12 bits per heavy atom. The number of furan rings is 1. The van der Waals surface area contributed by atoms with Gasteiger partial charge < -0.3 is 14.6 Å². The van der Waals surface area contributed by atoms with Gasteiger partial charge in [-0.1, -0.05) is 11.6 Å². The molecule has 6 nitrogen and oxygen atoms in total. The maximum atomic E-state index is 12.6. The number of allylic oxidation sites excluding steroid dienone is 1. The summed E-state index contributed by atoms with van der Waals surface area (Å²) in [7, 11) is 0. The van der Waals surface area contributed by atoms with Crippen LogP contribution in [0.15, 0.2) is 40.8 Å². The standard InChI is InChI=1S/C20H24N4O2/c25-20(18-7-4-12-26-18)24-10-8-16-17(9-11-24)22-14-23-19(16)21-13-15-5-2-1-3-6-15/h4-5,7,12,14H,1-3,6,8-11,13H2,(H,21,22,23). The van der Waals surface area contributed by atoms with Crippen molar-refractivity contribution in [3.05, 3.63) is 53.4 Å². The minimum Gasteiger partial charge on any atom is -0.459 e. The number of anilines is 1. The third-order valence-corrected chi connectivity index (χ3v) is 5.17. The van der Waals surface area contributed by atoms with E-state index < -0.39 is 0 Å². The van der Waals surface area contributed by atoms with Gasteiger partial charge in [0, 0.05) is 31.6 Å². The molecule has 26 heavy (non-hydrogen) atoms. The molecule has 0 saturated carbocycles. The van der Waals surface area contributed by atoms with E-state index in [1.807, 2.05) is 4.90 Å². The van der Waals surface area contributed by atoms with Gasteiger partial charge in [0.2, 0.25) is 0 Å². The molecule has 0 radical (unpaired) electrons. The van der Waals surface area contributed by atoms with Crippen molar-refractivity contribution in [3.8, 4) is 0 Å². The maximum Gasteiger partial charge on any atom is 0.289 e. The molecule has 0 atom stereocenters. The second-order valence-electron chi connectivity index (χ2n) is 6.88. The van der Waals surface area contributed by atoms with Crippen LogP contribution in [0.4, 0.5) is 5.82 Å². The van der Waals surface area contributed by atoms with Crippen LogP contribution in [0, 0.1) is 0 Å². The predicted molar refractivity (Wildman–Crippen MR) is 99.1 cm³/mol. The van der Waals surface area contributed by atoms with Gasteiger partial charge in [-0.15, -0.1) is 0 Å². The summed E-state index contributed by atoms with van der Waals surface area (Å²) in [5.74, 6) is 1.25. The number of nitrogens with one attached hydrogen (secondary N) is 1. The first-order valence-corrected chi connectivity index (χ1v) is 9.38. The molecule has 4 rings (SSSR count). The lowest BCUT2D eigenvalue weighted by molar-refractivity contribution is 0.0731. The largest absolute Gasteiger partial charge is 0.459 e. The van der Waals surface area contributed by atoms with E-state index in [1.165, 1.54) is 37.5 Å². The zero-order chi connectivity index (χ0) is 17.8. The number of carbonyl (C=O) groups excluding carboxylic acids is 1. The predicted octanol–water partition coefficient (Wildman–Crippen LogP) is 3.22. The highest BCUT2D eigenvalue weighted by molar-refractivity contribution is 5.91. The molecule has 136 valence electrons. The average molecular weight is 352 g/mol. The van der Waals surface area contributed by atoms with E-state index >= 15 is 0 Å². The van der Waals surface area contributed by atoms with Gasteiger partial charge in [-0.2, -0.15) is 0 Å². The Labute approximate surface area is 153 Å². The number of rotatable bonds is 4. The molecule has 3 heterocycles. The lowest BCUT2D eigenvalue weighted by atomic mass is 9.99. The molecule has 0 aromatic carbocycles. The SMILES string of the molecule is O=C(c1ccco1)N1CCc2ncnc(NCC3=CCCCC3)c2CC1. The van der Waals surface area contributed by atoms with Gasteiger partial charge in [-0.05, 0) is 44.2 Å². The topological polar surface area (TPSA) is 71.3 Å².